The standard InChI is InChI=1S/C15H23FN4O/c1-19(9-10-20-7-5-17-6-8-20)12-15(21)18-14-4-2-3-13(16)11-14/h2-4,11,17H,5-10,12H2,1H3,(H,18,21). The van der Waals surface area contributed by atoms with E-state index in [-0.39, 0.29) is 11.7 Å². The van der Waals surface area contributed by atoms with Crippen LogP contribution >= 0.6 is 0 Å². The lowest BCUT2D eigenvalue weighted by molar-refractivity contribution is -0.117. The Morgan fingerprint density at radius 1 is 1.43 bits per heavy atom. The first-order chi connectivity index (χ1) is 10.1. The van der Waals surface area contributed by atoms with Gasteiger partial charge in [-0.2, -0.15) is 0 Å². The molecule has 1 aliphatic heterocycles. The predicted octanol–water partition coefficient (Wildman–Crippen LogP) is 0.601. The SMILES string of the molecule is CN(CCN1CCNCC1)CC(=O)Nc1cccc(F)c1. The maximum Gasteiger partial charge on any atom is 0.238 e. The number of halogens is 1. The number of amides is 1. The fourth-order valence-electron chi connectivity index (χ4n) is 2.34. The van der Waals surface area contributed by atoms with Crippen molar-refractivity contribution in [2.45, 2.75) is 0 Å². The van der Waals surface area contributed by atoms with E-state index in [9.17, 15) is 9.18 Å². The molecule has 1 amide bonds. The van der Waals surface area contributed by atoms with E-state index in [4.69, 9.17) is 0 Å². The van der Waals surface area contributed by atoms with Gasteiger partial charge in [-0.3, -0.25) is 14.6 Å². The lowest BCUT2D eigenvalue weighted by atomic mass is 10.3. The summed E-state index contributed by atoms with van der Waals surface area (Å²) < 4.78 is 13.0. The molecule has 6 heteroatoms. The first-order valence-electron chi connectivity index (χ1n) is 7.30. The molecule has 1 aromatic carbocycles. The number of carbonyl (C=O) groups is 1. The van der Waals surface area contributed by atoms with Gasteiger partial charge in [0.25, 0.3) is 0 Å². The summed E-state index contributed by atoms with van der Waals surface area (Å²) in [5, 5.41) is 6.02. The number of hydrogen-bond acceptors (Lipinski definition) is 4. The minimum Gasteiger partial charge on any atom is -0.325 e. The average Bonchev–Trinajstić information content (AvgIpc) is 2.46. The Morgan fingerprint density at radius 2 is 2.19 bits per heavy atom. The van der Waals surface area contributed by atoms with Crippen LogP contribution in [0, 0.1) is 5.82 Å². The Bertz CT molecular complexity index is 463. The van der Waals surface area contributed by atoms with Gasteiger partial charge in [0.15, 0.2) is 0 Å². The number of carbonyl (C=O) groups excluding carboxylic acids is 1. The lowest BCUT2D eigenvalue weighted by Crippen LogP contribution is -2.46. The van der Waals surface area contributed by atoms with Gasteiger partial charge in [0.2, 0.25) is 5.91 Å². The van der Waals surface area contributed by atoms with E-state index in [0.717, 1.165) is 39.3 Å². The highest BCUT2D eigenvalue weighted by molar-refractivity contribution is 5.92. The Labute approximate surface area is 125 Å². The maximum absolute atomic E-state index is 13.0. The number of nitrogens with zero attached hydrogens (tertiary/aromatic N) is 2. The van der Waals surface area contributed by atoms with Crippen molar-refractivity contribution in [2.24, 2.45) is 0 Å². The van der Waals surface area contributed by atoms with E-state index >= 15 is 0 Å². The maximum atomic E-state index is 13.0. The van der Waals surface area contributed by atoms with Gasteiger partial charge in [0, 0.05) is 45.0 Å². The van der Waals surface area contributed by atoms with Crippen LogP contribution in [-0.2, 0) is 4.79 Å². The second-order valence-corrected chi connectivity index (χ2v) is 5.39. The fraction of sp³-hybridized carbons (Fsp3) is 0.533. The molecule has 0 radical (unpaired) electrons. The van der Waals surface area contributed by atoms with Gasteiger partial charge in [-0.1, -0.05) is 6.07 Å². The molecule has 5 nitrogen and oxygen atoms in total. The Balaban J connectivity index is 1.69. The third-order valence-corrected chi connectivity index (χ3v) is 3.53. The molecule has 1 heterocycles. The quantitative estimate of drug-likeness (QED) is 0.807. The summed E-state index contributed by atoms with van der Waals surface area (Å²) in [6.07, 6.45) is 0. The smallest absolute Gasteiger partial charge is 0.238 e. The second kappa shape index (κ2) is 8.07. The van der Waals surface area contributed by atoms with Crippen molar-refractivity contribution >= 4 is 11.6 Å². The molecule has 21 heavy (non-hydrogen) atoms. The molecular formula is C15H23FN4O. The Kier molecular flexibility index (Phi) is 6.10. The summed E-state index contributed by atoms with van der Waals surface area (Å²) >= 11 is 0. The summed E-state index contributed by atoms with van der Waals surface area (Å²) in [5.41, 5.74) is 0.496. The van der Waals surface area contributed by atoms with Crippen LogP contribution in [0.3, 0.4) is 0 Å². The van der Waals surface area contributed by atoms with Crippen LogP contribution in [0.5, 0.6) is 0 Å². The van der Waals surface area contributed by atoms with Crippen molar-refractivity contribution in [1.82, 2.24) is 15.1 Å². The first-order valence-corrected chi connectivity index (χ1v) is 7.30. The van der Waals surface area contributed by atoms with E-state index < -0.39 is 0 Å². The molecule has 0 saturated carbocycles. The van der Waals surface area contributed by atoms with E-state index in [2.05, 4.69) is 15.5 Å². The number of piperazine rings is 1. The van der Waals surface area contributed by atoms with Crippen LogP contribution in [0.25, 0.3) is 0 Å². The zero-order valence-electron chi connectivity index (χ0n) is 12.4. The summed E-state index contributed by atoms with van der Waals surface area (Å²) in [5.74, 6) is -0.469. The summed E-state index contributed by atoms with van der Waals surface area (Å²) in [7, 11) is 1.92. The number of anilines is 1. The van der Waals surface area contributed by atoms with Gasteiger partial charge in [-0.25, -0.2) is 4.39 Å². The van der Waals surface area contributed by atoms with Crippen molar-refractivity contribution in [3.8, 4) is 0 Å². The first kappa shape index (κ1) is 15.9. The van der Waals surface area contributed by atoms with Crippen molar-refractivity contribution in [3.63, 3.8) is 0 Å². The zero-order valence-corrected chi connectivity index (χ0v) is 12.4. The van der Waals surface area contributed by atoms with Gasteiger partial charge < -0.3 is 10.6 Å². The molecule has 1 aromatic rings. The molecule has 1 aliphatic rings. The molecular weight excluding hydrogens is 271 g/mol. The van der Waals surface area contributed by atoms with Crippen molar-refractivity contribution in [2.75, 3.05) is 58.2 Å². The lowest BCUT2D eigenvalue weighted by Gasteiger charge is -2.28. The van der Waals surface area contributed by atoms with Crippen LogP contribution in [0.4, 0.5) is 10.1 Å². The van der Waals surface area contributed by atoms with Crippen LogP contribution in [0.2, 0.25) is 0 Å². The molecule has 1 fully saturated rings. The summed E-state index contributed by atoms with van der Waals surface area (Å²) in [4.78, 5) is 16.3. The van der Waals surface area contributed by atoms with Crippen molar-refractivity contribution in [1.29, 1.82) is 0 Å². The third-order valence-electron chi connectivity index (χ3n) is 3.53. The average molecular weight is 294 g/mol. The fourth-order valence-corrected chi connectivity index (χ4v) is 2.34. The summed E-state index contributed by atoms with van der Waals surface area (Å²) in [6.45, 7) is 6.30. The molecule has 0 bridgehead atoms. The minimum atomic E-state index is -0.347. The summed E-state index contributed by atoms with van der Waals surface area (Å²) in [6, 6.07) is 5.94. The largest absolute Gasteiger partial charge is 0.325 e. The molecule has 116 valence electrons. The van der Waals surface area contributed by atoms with Gasteiger partial charge in [-0.05, 0) is 25.2 Å². The van der Waals surface area contributed by atoms with Gasteiger partial charge >= 0.3 is 0 Å². The highest BCUT2D eigenvalue weighted by Crippen LogP contribution is 2.08. The van der Waals surface area contributed by atoms with Crippen LogP contribution in [-0.4, -0.2) is 68.6 Å². The number of likely N-dealkylation sites (N-methyl/N-ethyl adjacent to an activating group) is 1. The van der Waals surface area contributed by atoms with Gasteiger partial charge in [0.1, 0.15) is 5.82 Å². The van der Waals surface area contributed by atoms with E-state index in [1.165, 1.54) is 12.1 Å². The third kappa shape index (κ3) is 5.79. The molecule has 0 aromatic heterocycles. The molecule has 0 spiro atoms. The molecule has 0 aliphatic carbocycles. The van der Waals surface area contributed by atoms with Crippen LogP contribution in [0.15, 0.2) is 24.3 Å². The molecule has 2 rings (SSSR count). The van der Waals surface area contributed by atoms with Crippen LogP contribution in [0.1, 0.15) is 0 Å². The number of benzene rings is 1. The van der Waals surface area contributed by atoms with E-state index in [1.807, 2.05) is 11.9 Å². The highest BCUT2D eigenvalue weighted by atomic mass is 19.1. The Morgan fingerprint density at radius 3 is 2.90 bits per heavy atom. The molecule has 0 atom stereocenters. The van der Waals surface area contributed by atoms with Crippen molar-refractivity contribution < 1.29 is 9.18 Å². The minimum absolute atomic E-state index is 0.122. The van der Waals surface area contributed by atoms with E-state index in [1.54, 1.807) is 12.1 Å². The normalized spacial score (nSPS) is 16.1. The topological polar surface area (TPSA) is 47.6 Å². The monoisotopic (exact) mass is 294 g/mol. The zero-order chi connectivity index (χ0) is 15.1. The predicted molar refractivity (Wildman–Crippen MR) is 81.8 cm³/mol. The van der Waals surface area contributed by atoms with E-state index in [0.29, 0.717) is 12.2 Å². The second-order valence-electron chi connectivity index (χ2n) is 5.39. The number of rotatable bonds is 6. The van der Waals surface area contributed by atoms with Gasteiger partial charge in [-0.15, -0.1) is 0 Å². The number of nitrogens with one attached hydrogen (secondary N) is 2. The van der Waals surface area contributed by atoms with Gasteiger partial charge in [0.05, 0.1) is 6.54 Å². The molecule has 1 saturated heterocycles. The Hall–Kier alpha value is -1.50. The molecule has 2 N–H and O–H groups in total. The highest BCUT2D eigenvalue weighted by Gasteiger charge is 2.12. The van der Waals surface area contributed by atoms with Crippen LogP contribution < -0.4 is 10.6 Å². The van der Waals surface area contributed by atoms with Crippen molar-refractivity contribution in [3.05, 3.63) is 30.1 Å². The molecule has 0 unspecified atom stereocenters. The number of hydrogen-bond donors (Lipinski definition) is 2.